The summed E-state index contributed by atoms with van der Waals surface area (Å²) in [4.78, 5) is 3.73. The van der Waals surface area contributed by atoms with Crippen molar-refractivity contribution in [2.24, 2.45) is 0 Å². The summed E-state index contributed by atoms with van der Waals surface area (Å²) in [5, 5.41) is 0. The number of imidazole rings is 1. The van der Waals surface area contributed by atoms with Crippen LogP contribution in [-0.2, 0) is 0 Å². The van der Waals surface area contributed by atoms with Gasteiger partial charge in [-0.2, -0.15) is 0 Å². The number of nitrogens with zero attached hydrogens (tertiary/aromatic N) is 1. The first-order valence-corrected chi connectivity index (χ1v) is 19.8. The van der Waals surface area contributed by atoms with Crippen LogP contribution in [0.3, 0.4) is 0 Å². The lowest BCUT2D eigenvalue weighted by molar-refractivity contribution is -0.727. The number of H-pyrrole nitrogens is 1. The summed E-state index contributed by atoms with van der Waals surface area (Å²) < 4.78 is 2.62. The van der Waals surface area contributed by atoms with Crippen molar-refractivity contribution in [3.05, 3.63) is 18.2 Å². The highest BCUT2D eigenvalue weighted by molar-refractivity contribution is 4.90. The Morgan fingerprint density at radius 1 is 0.452 bits per heavy atom. The molecule has 2 atom stereocenters. The molecular weight excluding hydrogens is 508 g/mol. The third-order valence-corrected chi connectivity index (χ3v) is 9.89. The highest BCUT2D eigenvalue weighted by atomic mass is 15.1. The molecule has 0 aliphatic carbocycles. The smallest absolute Gasteiger partial charge is 0.247 e. The molecule has 0 saturated heterocycles. The summed E-state index contributed by atoms with van der Waals surface area (Å²) in [5.74, 6) is 2.24. The lowest BCUT2D eigenvalue weighted by Gasteiger charge is -2.17. The van der Waals surface area contributed by atoms with Crippen molar-refractivity contribution in [1.82, 2.24) is 4.98 Å². The number of nitrogens with one attached hydrogen (secondary N) is 1. The first kappa shape index (κ1) is 39.2. The fourth-order valence-corrected chi connectivity index (χ4v) is 6.96. The van der Waals surface area contributed by atoms with E-state index in [9.17, 15) is 0 Å². The number of hydrogen-bond acceptors (Lipinski definition) is 0. The maximum atomic E-state index is 3.73. The van der Waals surface area contributed by atoms with Crippen molar-refractivity contribution in [1.29, 1.82) is 0 Å². The Labute approximate surface area is 266 Å². The topological polar surface area (TPSA) is 19.7 Å². The van der Waals surface area contributed by atoms with Crippen LogP contribution in [0.4, 0.5) is 0 Å². The highest BCUT2D eigenvalue weighted by Gasteiger charge is 2.25. The molecule has 0 fully saturated rings. The van der Waals surface area contributed by atoms with Crippen molar-refractivity contribution in [3.8, 4) is 0 Å². The third-order valence-electron chi connectivity index (χ3n) is 9.89. The zero-order chi connectivity index (χ0) is 30.4. The first-order chi connectivity index (χ1) is 20.7. The molecule has 0 radical (unpaired) electrons. The molecule has 1 N–H and O–H groups in total. The normalized spacial score (nSPS) is 13.1. The Morgan fingerprint density at radius 2 is 0.762 bits per heavy atom. The molecule has 0 bridgehead atoms. The van der Waals surface area contributed by atoms with E-state index in [0.717, 1.165) is 0 Å². The summed E-state index contributed by atoms with van der Waals surface area (Å²) in [6, 6.07) is 0.620. The predicted molar refractivity (Wildman–Crippen MR) is 189 cm³/mol. The maximum Gasteiger partial charge on any atom is 0.257 e. The molecule has 0 aliphatic heterocycles. The van der Waals surface area contributed by atoms with E-state index in [1.807, 2.05) is 0 Å². The second-order valence-corrected chi connectivity index (χ2v) is 14.0. The summed E-state index contributed by atoms with van der Waals surface area (Å²) in [7, 11) is 0. The minimum Gasteiger partial charge on any atom is -0.247 e. The molecule has 248 valence electrons. The lowest BCUT2D eigenvalue weighted by Crippen LogP contribution is -2.41. The van der Waals surface area contributed by atoms with E-state index < -0.39 is 0 Å². The lowest BCUT2D eigenvalue weighted by atomic mass is 9.92. The molecule has 1 aromatic heterocycles. The molecule has 2 nitrogen and oxygen atoms in total. The minimum absolute atomic E-state index is 0.620. The van der Waals surface area contributed by atoms with Crippen LogP contribution in [0.25, 0.3) is 0 Å². The quantitative estimate of drug-likeness (QED) is 0.0623. The summed E-state index contributed by atoms with van der Waals surface area (Å²) in [5.41, 5.74) is 0. The second kappa shape index (κ2) is 30.2. The molecule has 0 amide bonds. The van der Waals surface area contributed by atoms with Gasteiger partial charge in [-0.05, 0) is 32.6 Å². The fraction of sp³-hybridized carbons (Fsp3) is 0.925. The van der Waals surface area contributed by atoms with Crippen molar-refractivity contribution >= 4 is 0 Å². The van der Waals surface area contributed by atoms with Crippen LogP contribution in [0.15, 0.2) is 12.4 Å². The van der Waals surface area contributed by atoms with Gasteiger partial charge in [0.2, 0.25) is 0 Å². The molecule has 0 aliphatic rings. The number of rotatable bonds is 33. The predicted octanol–water partition coefficient (Wildman–Crippen LogP) is 14.1. The van der Waals surface area contributed by atoms with Gasteiger partial charge in [-0.25, -0.2) is 9.55 Å². The van der Waals surface area contributed by atoms with Gasteiger partial charge in [-0.1, -0.05) is 194 Å². The molecule has 1 heterocycles. The third kappa shape index (κ3) is 21.8. The van der Waals surface area contributed by atoms with Gasteiger partial charge in [0.25, 0.3) is 5.82 Å². The zero-order valence-corrected chi connectivity index (χ0v) is 29.7. The van der Waals surface area contributed by atoms with Crippen molar-refractivity contribution < 1.29 is 4.57 Å². The van der Waals surface area contributed by atoms with Gasteiger partial charge < -0.3 is 0 Å². The van der Waals surface area contributed by atoms with E-state index >= 15 is 0 Å². The number of unbranched alkanes of at least 4 members (excludes halogenated alkanes) is 25. The molecule has 2 heteroatoms. The van der Waals surface area contributed by atoms with Crippen LogP contribution in [0.1, 0.15) is 245 Å². The van der Waals surface area contributed by atoms with E-state index in [1.54, 1.807) is 0 Å². The standard InChI is InChI=1S/C40H78N2/c1-5-8-11-14-16-18-19-20-21-22-23-25-27-29-32-35-39(34-31-28-26-24-17-15-12-9-6-2)40-41-36-37-42(40)38(4)33-30-13-10-7-3/h36-39H,5-35H2,1-4H3/p+1. The molecule has 2 unspecified atom stereocenters. The molecule has 0 saturated carbocycles. The Hall–Kier alpha value is -0.790. The fourth-order valence-electron chi connectivity index (χ4n) is 6.96. The van der Waals surface area contributed by atoms with Crippen LogP contribution < -0.4 is 4.57 Å². The molecule has 1 aromatic rings. The maximum absolute atomic E-state index is 3.73. The molecule has 0 spiro atoms. The Morgan fingerprint density at radius 3 is 1.14 bits per heavy atom. The van der Waals surface area contributed by atoms with Crippen LogP contribution in [-0.4, -0.2) is 4.98 Å². The summed E-state index contributed by atoms with van der Waals surface area (Å²) in [6.07, 6.45) is 48.7. The van der Waals surface area contributed by atoms with E-state index in [0.29, 0.717) is 12.0 Å². The Kier molecular flexibility index (Phi) is 28.3. The van der Waals surface area contributed by atoms with Crippen LogP contribution in [0, 0.1) is 0 Å². The van der Waals surface area contributed by atoms with Crippen molar-refractivity contribution in [2.45, 2.75) is 239 Å². The van der Waals surface area contributed by atoms with Crippen molar-refractivity contribution in [2.75, 3.05) is 0 Å². The van der Waals surface area contributed by atoms with E-state index in [4.69, 9.17) is 0 Å². The highest BCUT2D eigenvalue weighted by Crippen LogP contribution is 2.27. The first-order valence-electron chi connectivity index (χ1n) is 19.8. The van der Waals surface area contributed by atoms with Crippen molar-refractivity contribution in [3.63, 3.8) is 0 Å². The number of hydrogen-bond donors (Lipinski definition) is 1. The Bertz CT molecular complexity index is 650. The van der Waals surface area contributed by atoms with Crippen LogP contribution >= 0.6 is 0 Å². The van der Waals surface area contributed by atoms with Crippen LogP contribution in [0.5, 0.6) is 0 Å². The monoisotopic (exact) mass is 588 g/mol. The van der Waals surface area contributed by atoms with Gasteiger partial charge >= 0.3 is 0 Å². The number of aromatic amines is 1. The van der Waals surface area contributed by atoms with E-state index in [1.165, 1.54) is 205 Å². The second-order valence-electron chi connectivity index (χ2n) is 14.0. The van der Waals surface area contributed by atoms with Gasteiger partial charge in [0, 0.05) is 0 Å². The number of aromatic nitrogens is 2. The molecular formula is C40H79N2+. The zero-order valence-electron chi connectivity index (χ0n) is 29.7. The molecule has 0 aromatic carbocycles. The van der Waals surface area contributed by atoms with Gasteiger partial charge in [0.05, 0.1) is 12.0 Å². The SMILES string of the molecule is CCCCCCCCCCCCCCCCCC(CCCCCCCCCCC)c1[nH]cc[n+]1C(C)CCCCCC. The van der Waals surface area contributed by atoms with Crippen LogP contribution in [0.2, 0.25) is 0 Å². The minimum atomic E-state index is 0.620. The summed E-state index contributed by atoms with van der Waals surface area (Å²) in [6.45, 7) is 9.40. The van der Waals surface area contributed by atoms with Gasteiger partial charge in [-0.3, -0.25) is 0 Å². The molecule has 1 rings (SSSR count). The average molecular weight is 588 g/mol. The summed E-state index contributed by atoms with van der Waals surface area (Å²) >= 11 is 0. The van der Waals surface area contributed by atoms with Gasteiger partial charge in [-0.15, -0.1) is 0 Å². The molecule has 42 heavy (non-hydrogen) atoms. The van der Waals surface area contributed by atoms with Gasteiger partial charge in [0.15, 0.2) is 0 Å². The van der Waals surface area contributed by atoms with Gasteiger partial charge in [0.1, 0.15) is 12.4 Å². The Balaban J connectivity index is 2.33. The van der Waals surface area contributed by atoms with E-state index in [-0.39, 0.29) is 0 Å². The van der Waals surface area contributed by atoms with E-state index in [2.05, 4.69) is 49.6 Å². The average Bonchev–Trinajstić information content (AvgIpc) is 3.49. The largest absolute Gasteiger partial charge is 0.257 e.